The second-order valence-electron chi connectivity index (χ2n) is 3.91. The quantitative estimate of drug-likeness (QED) is 0.513. The van der Waals surface area contributed by atoms with E-state index < -0.39 is 18.0 Å². The molecule has 0 saturated carbocycles. The zero-order valence-electron chi connectivity index (χ0n) is 10.2. The van der Waals surface area contributed by atoms with Gasteiger partial charge in [0, 0.05) is 18.0 Å². The number of carboxylic acids is 1. The Labute approximate surface area is 110 Å². The van der Waals surface area contributed by atoms with Gasteiger partial charge in [-0.1, -0.05) is 30.3 Å². The second-order valence-corrected chi connectivity index (χ2v) is 3.91. The maximum absolute atomic E-state index is 11.6. The molecule has 2 N–H and O–H groups in total. The lowest BCUT2D eigenvalue weighted by Crippen LogP contribution is -2.42. The molecule has 1 atom stereocenters. The molecule has 1 aromatic carbocycles. The highest BCUT2D eigenvalue weighted by atomic mass is 16.5. The van der Waals surface area contributed by atoms with E-state index in [1.54, 1.807) is 30.3 Å². The van der Waals surface area contributed by atoms with Crippen LogP contribution in [0.2, 0.25) is 0 Å². The fraction of sp³-hybridized carbons (Fsp3) is 0.308. The van der Waals surface area contributed by atoms with Gasteiger partial charge >= 0.3 is 5.97 Å². The zero-order valence-corrected chi connectivity index (χ0v) is 10.2. The molecule has 0 aliphatic heterocycles. The highest BCUT2D eigenvalue weighted by Gasteiger charge is 2.11. The fourth-order valence-corrected chi connectivity index (χ4v) is 1.32. The highest BCUT2D eigenvalue weighted by Crippen LogP contribution is 2.02. The minimum absolute atomic E-state index is 0.0826. The number of ketones is 1. The fourth-order valence-electron chi connectivity index (χ4n) is 1.32. The molecule has 0 fully saturated rings. The smallest absolute Gasteiger partial charge is 0.306 e. The number of Topliss-reactive ketones (excluding diaryl/α,β-unsaturated/α-hetero) is 1. The van der Waals surface area contributed by atoms with Crippen molar-refractivity contribution in [2.45, 2.75) is 18.9 Å². The SMILES string of the molecule is N[C@@H](CCC(=O)OCC(=O)c1ccccc1)C(=O)[O-]. The summed E-state index contributed by atoms with van der Waals surface area (Å²) < 4.78 is 4.73. The Morgan fingerprint density at radius 1 is 1.21 bits per heavy atom. The summed E-state index contributed by atoms with van der Waals surface area (Å²) in [5.74, 6) is -2.41. The number of aliphatic carboxylic acids is 1. The van der Waals surface area contributed by atoms with Gasteiger partial charge in [-0.3, -0.25) is 9.59 Å². The number of carbonyl (C=O) groups is 3. The van der Waals surface area contributed by atoms with E-state index in [0.717, 1.165) is 0 Å². The van der Waals surface area contributed by atoms with Crippen LogP contribution in [0, 0.1) is 0 Å². The van der Waals surface area contributed by atoms with Crippen molar-refractivity contribution < 1.29 is 24.2 Å². The summed E-state index contributed by atoms with van der Waals surface area (Å²) in [5.41, 5.74) is 5.62. The van der Waals surface area contributed by atoms with Crippen LogP contribution in [0.5, 0.6) is 0 Å². The average Bonchev–Trinajstić information content (AvgIpc) is 2.42. The number of rotatable bonds is 7. The van der Waals surface area contributed by atoms with Gasteiger partial charge in [-0.05, 0) is 6.42 Å². The zero-order chi connectivity index (χ0) is 14.3. The first kappa shape index (κ1) is 14.8. The molecule has 19 heavy (non-hydrogen) atoms. The third-order valence-electron chi connectivity index (χ3n) is 2.42. The van der Waals surface area contributed by atoms with E-state index in [9.17, 15) is 19.5 Å². The Morgan fingerprint density at radius 2 is 1.84 bits per heavy atom. The Kier molecular flexibility index (Phi) is 5.69. The number of hydrogen-bond donors (Lipinski definition) is 1. The minimum atomic E-state index is -1.42. The van der Waals surface area contributed by atoms with Crippen molar-refractivity contribution in [3.05, 3.63) is 35.9 Å². The number of carboxylic acid groups (broad SMARTS) is 1. The molecule has 6 nitrogen and oxygen atoms in total. The van der Waals surface area contributed by atoms with Gasteiger partial charge in [0.15, 0.2) is 12.4 Å². The van der Waals surface area contributed by atoms with Crippen LogP contribution in [0.4, 0.5) is 0 Å². The molecule has 102 valence electrons. The van der Waals surface area contributed by atoms with Gasteiger partial charge in [0.2, 0.25) is 0 Å². The molecule has 0 spiro atoms. The van der Waals surface area contributed by atoms with E-state index in [4.69, 9.17) is 10.5 Å². The first-order valence-electron chi connectivity index (χ1n) is 5.71. The molecule has 0 saturated heterocycles. The molecular formula is C13H14NO5-. The second kappa shape index (κ2) is 7.27. The van der Waals surface area contributed by atoms with Crippen LogP contribution in [0.15, 0.2) is 30.3 Å². The van der Waals surface area contributed by atoms with E-state index in [0.29, 0.717) is 5.56 Å². The molecule has 0 bridgehead atoms. The van der Waals surface area contributed by atoms with Crippen molar-refractivity contribution in [2.24, 2.45) is 5.73 Å². The van der Waals surface area contributed by atoms with Crippen molar-refractivity contribution in [1.82, 2.24) is 0 Å². The van der Waals surface area contributed by atoms with Gasteiger partial charge in [-0.25, -0.2) is 0 Å². The molecule has 6 heteroatoms. The average molecular weight is 264 g/mol. The predicted molar refractivity (Wildman–Crippen MR) is 63.9 cm³/mol. The Hall–Kier alpha value is -2.21. The minimum Gasteiger partial charge on any atom is -0.548 e. The van der Waals surface area contributed by atoms with Crippen LogP contribution < -0.4 is 10.8 Å². The third kappa shape index (κ3) is 5.31. The molecule has 0 radical (unpaired) electrons. The van der Waals surface area contributed by atoms with Gasteiger partial charge in [0.1, 0.15) is 0 Å². The lowest BCUT2D eigenvalue weighted by Gasteiger charge is -2.11. The molecule has 0 amide bonds. The molecule has 0 unspecified atom stereocenters. The van der Waals surface area contributed by atoms with Gasteiger partial charge < -0.3 is 20.4 Å². The summed E-state index contributed by atoms with van der Waals surface area (Å²) in [6, 6.07) is 7.19. The van der Waals surface area contributed by atoms with Crippen molar-refractivity contribution in [2.75, 3.05) is 6.61 Å². The van der Waals surface area contributed by atoms with E-state index in [1.807, 2.05) is 0 Å². The predicted octanol–water partition coefficient (Wildman–Crippen LogP) is -0.730. The van der Waals surface area contributed by atoms with Crippen molar-refractivity contribution in [1.29, 1.82) is 0 Å². The summed E-state index contributed by atoms with van der Waals surface area (Å²) in [6.45, 7) is -0.372. The first-order chi connectivity index (χ1) is 9.00. The number of nitrogens with two attached hydrogens (primary N) is 1. The molecular weight excluding hydrogens is 250 g/mol. The summed E-state index contributed by atoms with van der Waals surface area (Å²) in [5, 5.41) is 10.3. The summed E-state index contributed by atoms with van der Waals surface area (Å²) in [4.78, 5) is 33.2. The van der Waals surface area contributed by atoms with Crippen LogP contribution in [0.25, 0.3) is 0 Å². The van der Waals surface area contributed by atoms with Gasteiger partial charge in [0.25, 0.3) is 0 Å². The van der Waals surface area contributed by atoms with Crippen LogP contribution in [0.3, 0.4) is 0 Å². The van der Waals surface area contributed by atoms with Gasteiger partial charge in [0.05, 0.1) is 5.97 Å². The van der Waals surface area contributed by atoms with E-state index in [2.05, 4.69) is 0 Å². The van der Waals surface area contributed by atoms with Crippen LogP contribution in [-0.2, 0) is 14.3 Å². The standard InChI is InChI=1S/C13H15NO5/c14-10(13(17)18)6-7-12(16)19-8-11(15)9-4-2-1-3-5-9/h1-5,10H,6-8,14H2,(H,17,18)/p-1/t10-/m0/s1. The van der Waals surface area contributed by atoms with E-state index in [-0.39, 0.29) is 25.2 Å². The molecule has 0 aromatic heterocycles. The molecule has 1 aromatic rings. The lowest BCUT2D eigenvalue weighted by molar-refractivity contribution is -0.307. The largest absolute Gasteiger partial charge is 0.548 e. The van der Waals surface area contributed by atoms with Crippen LogP contribution >= 0.6 is 0 Å². The maximum atomic E-state index is 11.6. The summed E-state index contributed by atoms with van der Waals surface area (Å²) >= 11 is 0. The van der Waals surface area contributed by atoms with Crippen LogP contribution in [0.1, 0.15) is 23.2 Å². The number of benzene rings is 1. The van der Waals surface area contributed by atoms with Gasteiger partial charge in [-0.2, -0.15) is 0 Å². The van der Waals surface area contributed by atoms with Crippen molar-refractivity contribution in [3.8, 4) is 0 Å². The summed E-state index contributed by atoms with van der Waals surface area (Å²) in [6.07, 6.45) is -0.252. The van der Waals surface area contributed by atoms with Gasteiger partial charge in [-0.15, -0.1) is 0 Å². The Morgan fingerprint density at radius 3 is 2.42 bits per heavy atom. The first-order valence-corrected chi connectivity index (χ1v) is 5.71. The molecule has 0 aliphatic rings. The molecule has 1 rings (SSSR count). The Bertz CT molecular complexity index is 457. The Balaban J connectivity index is 2.31. The molecule has 0 aliphatic carbocycles. The van der Waals surface area contributed by atoms with Crippen molar-refractivity contribution in [3.63, 3.8) is 0 Å². The topological polar surface area (TPSA) is 110 Å². The molecule has 0 heterocycles. The number of ether oxygens (including phenoxy) is 1. The third-order valence-corrected chi connectivity index (χ3v) is 2.42. The number of carbonyl (C=O) groups excluding carboxylic acids is 3. The van der Waals surface area contributed by atoms with Crippen LogP contribution in [-0.4, -0.2) is 30.4 Å². The summed E-state index contributed by atoms with van der Waals surface area (Å²) in [7, 11) is 0. The lowest BCUT2D eigenvalue weighted by atomic mass is 10.1. The van der Waals surface area contributed by atoms with E-state index >= 15 is 0 Å². The normalized spacial score (nSPS) is 11.6. The maximum Gasteiger partial charge on any atom is 0.306 e. The highest BCUT2D eigenvalue weighted by molar-refractivity contribution is 5.97. The monoisotopic (exact) mass is 264 g/mol. The van der Waals surface area contributed by atoms with Crippen molar-refractivity contribution >= 4 is 17.7 Å². The van der Waals surface area contributed by atoms with E-state index in [1.165, 1.54) is 0 Å². The number of esters is 1. The number of hydrogen-bond acceptors (Lipinski definition) is 6.